The van der Waals surface area contributed by atoms with Gasteiger partial charge in [0.25, 0.3) is 11.8 Å². The fourth-order valence-corrected chi connectivity index (χ4v) is 5.34. The largest absolute Gasteiger partial charge is 0.454 e. The number of nitrogens with one attached hydrogen (secondary N) is 1. The molecule has 9 nitrogen and oxygen atoms in total. The number of fused-ring (bicyclic) bond motifs is 2. The van der Waals surface area contributed by atoms with Crippen LogP contribution < -0.4 is 19.7 Å². The number of ether oxygens (including phenoxy) is 2. The summed E-state index contributed by atoms with van der Waals surface area (Å²) in [5.41, 5.74) is 0.445. The molecule has 2 amide bonds. The van der Waals surface area contributed by atoms with Gasteiger partial charge in [-0.1, -0.05) is 12.1 Å². The van der Waals surface area contributed by atoms with E-state index in [9.17, 15) is 18.0 Å². The number of hydrogen-bond acceptors (Lipinski definition) is 7. The normalized spacial score (nSPS) is 19.0. The number of hydrogen-bond donors (Lipinski definition) is 1. The van der Waals surface area contributed by atoms with Gasteiger partial charge in [0.2, 0.25) is 16.8 Å². The number of sulfonamides is 1. The molecular formula is C19H17N3O6S. The summed E-state index contributed by atoms with van der Waals surface area (Å²) in [7, 11) is -3.97. The van der Waals surface area contributed by atoms with Crippen molar-refractivity contribution in [2.24, 2.45) is 0 Å². The van der Waals surface area contributed by atoms with E-state index in [0.717, 1.165) is 4.90 Å². The quantitative estimate of drug-likeness (QED) is 0.740. The van der Waals surface area contributed by atoms with Crippen LogP contribution in [0.5, 0.6) is 11.5 Å². The summed E-state index contributed by atoms with van der Waals surface area (Å²) < 4.78 is 38.9. The molecule has 1 fully saturated rings. The van der Waals surface area contributed by atoms with Crippen molar-refractivity contribution in [1.82, 2.24) is 9.62 Å². The molecule has 0 spiro atoms. The second-order valence-corrected chi connectivity index (χ2v) is 8.72. The first-order valence-corrected chi connectivity index (χ1v) is 10.5. The third kappa shape index (κ3) is 2.71. The molecule has 3 heterocycles. The van der Waals surface area contributed by atoms with Crippen molar-refractivity contribution in [1.29, 1.82) is 0 Å². The first-order valence-electron chi connectivity index (χ1n) is 9.11. The average molecular weight is 415 g/mol. The first kappa shape index (κ1) is 18.1. The standard InChI is InChI=1S/C19H17N3O6S/c23-18-12-3-1-2-4-13(12)19(24)22(18)14-9-15-16(28-11-27-15)10-17(14)29(25,26)21-7-5-20-6-8-21/h1-4,9-10,20H,5-8,11H2. The van der Waals surface area contributed by atoms with Crippen molar-refractivity contribution in [3.8, 4) is 11.5 Å². The SMILES string of the molecule is O=C1c2ccccc2C(=O)N1c1cc2c(cc1S(=O)(=O)N1CCNCC1)OCO2. The number of nitrogens with zero attached hydrogens (tertiary/aromatic N) is 2. The van der Waals surface area contributed by atoms with E-state index in [0.29, 0.717) is 26.2 Å². The summed E-state index contributed by atoms with van der Waals surface area (Å²) in [6, 6.07) is 9.13. The van der Waals surface area contributed by atoms with Gasteiger partial charge in [-0.15, -0.1) is 0 Å². The van der Waals surface area contributed by atoms with Gasteiger partial charge in [0, 0.05) is 38.3 Å². The zero-order chi connectivity index (χ0) is 20.2. The molecule has 2 aromatic carbocycles. The van der Waals surface area contributed by atoms with Gasteiger partial charge in [0.1, 0.15) is 4.90 Å². The molecule has 0 bridgehead atoms. The van der Waals surface area contributed by atoms with Crippen LogP contribution in [-0.4, -0.2) is 57.5 Å². The molecule has 0 radical (unpaired) electrons. The van der Waals surface area contributed by atoms with Crippen molar-refractivity contribution in [3.63, 3.8) is 0 Å². The number of amides is 2. The summed E-state index contributed by atoms with van der Waals surface area (Å²) >= 11 is 0. The molecule has 1 N–H and O–H groups in total. The Kier molecular flexibility index (Phi) is 4.09. The highest BCUT2D eigenvalue weighted by Gasteiger charge is 2.41. The predicted molar refractivity (Wildman–Crippen MR) is 102 cm³/mol. The number of piperazine rings is 1. The summed E-state index contributed by atoms with van der Waals surface area (Å²) in [4.78, 5) is 26.7. The predicted octanol–water partition coefficient (Wildman–Crippen LogP) is 0.810. The summed E-state index contributed by atoms with van der Waals surface area (Å²) in [6.07, 6.45) is 0. The van der Waals surface area contributed by atoms with Crippen molar-refractivity contribution >= 4 is 27.5 Å². The maximum absolute atomic E-state index is 13.4. The topological polar surface area (TPSA) is 105 Å². The molecule has 3 aliphatic rings. The molecule has 29 heavy (non-hydrogen) atoms. The third-order valence-electron chi connectivity index (χ3n) is 5.18. The molecule has 10 heteroatoms. The number of carbonyl (C=O) groups excluding carboxylic acids is 2. The van der Waals surface area contributed by atoms with Gasteiger partial charge in [0.05, 0.1) is 16.8 Å². The number of anilines is 1. The van der Waals surface area contributed by atoms with Gasteiger partial charge in [0.15, 0.2) is 11.5 Å². The lowest BCUT2D eigenvalue weighted by atomic mass is 10.1. The van der Waals surface area contributed by atoms with E-state index in [1.54, 1.807) is 24.3 Å². The lowest BCUT2D eigenvalue weighted by Gasteiger charge is -2.28. The Morgan fingerprint density at radius 3 is 2.10 bits per heavy atom. The smallest absolute Gasteiger partial charge is 0.266 e. The fourth-order valence-electron chi connectivity index (χ4n) is 3.73. The Morgan fingerprint density at radius 1 is 0.897 bits per heavy atom. The van der Waals surface area contributed by atoms with E-state index < -0.39 is 21.8 Å². The lowest BCUT2D eigenvalue weighted by molar-refractivity contribution is 0.0925. The number of benzene rings is 2. The minimum absolute atomic E-state index is 0.0287. The van der Waals surface area contributed by atoms with Crippen molar-refractivity contribution in [3.05, 3.63) is 47.5 Å². The Morgan fingerprint density at radius 2 is 1.48 bits per heavy atom. The van der Waals surface area contributed by atoms with Crippen molar-refractivity contribution in [2.75, 3.05) is 37.9 Å². The second-order valence-electron chi connectivity index (χ2n) is 6.82. The highest BCUT2D eigenvalue weighted by atomic mass is 32.2. The van der Waals surface area contributed by atoms with Gasteiger partial charge in [-0.25, -0.2) is 13.3 Å². The van der Waals surface area contributed by atoms with E-state index in [1.807, 2.05) is 0 Å². The minimum Gasteiger partial charge on any atom is -0.454 e. The van der Waals surface area contributed by atoms with Crippen molar-refractivity contribution < 1.29 is 27.5 Å². The molecule has 0 aliphatic carbocycles. The third-order valence-corrected chi connectivity index (χ3v) is 7.11. The molecule has 150 valence electrons. The monoisotopic (exact) mass is 415 g/mol. The number of carbonyl (C=O) groups is 2. The van der Waals surface area contributed by atoms with E-state index in [1.165, 1.54) is 16.4 Å². The van der Waals surface area contributed by atoms with E-state index in [2.05, 4.69) is 5.32 Å². The molecule has 0 atom stereocenters. The van der Waals surface area contributed by atoms with Crippen LogP contribution in [0.3, 0.4) is 0 Å². The minimum atomic E-state index is -3.97. The van der Waals surface area contributed by atoms with Gasteiger partial charge >= 0.3 is 0 Å². The first-order chi connectivity index (χ1) is 14.0. The lowest BCUT2D eigenvalue weighted by Crippen LogP contribution is -2.46. The van der Waals surface area contributed by atoms with Crippen LogP contribution in [-0.2, 0) is 10.0 Å². The number of imide groups is 1. The zero-order valence-corrected chi connectivity index (χ0v) is 16.1. The summed E-state index contributed by atoms with van der Waals surface area (Å²) in [6.45, 7) is 1.56. The Labute approximate surface area is 166 Å². The Bertz CT molecular complexity index is 1110. The molecule has 0 unspecified atom stereocenters. The van der Waals surface area contributed by atoms with Crippen LogP contribution in [0.2, 0.25) is 0 Å². The van der Waals surface area contributed by atoms with E-state index >= 15 is 0 Å². The van der Waals surface area contributed by atoms with Crippen LogP contribution in [0.1, 0.15) is 20.7 Å². The van der Waals surface area contributed by atoms with Crippen LogP contribution in [0, 0.1) is 0 Å². The zero-order valence-electron chi connectivity index (χ0n) is 15.3. The van der Waals surface area contributed by atoms with Gasteiger partial charge in [-0.2, -0.15) is 4.31 Å². The average Bonchev–Trinajstić information content (AvgIpc) is 3.30. The maximum Gasteiger partial charge on any atom is 0.266 e. The fraction of sp³-hybridized carbons (Fsp3) is 0.263. The van der Waals surface area contributed by atoms with Gasteiger partial charge in [-0.3, -0.25) is 9.59 Å². The molecule has 0 aromatic heterocycles. The molecular weight excluding hydrogens is 398 g/mol. The molecule has 1 saturated heterocycles. The molecule has 3 aliphatic heterocycles. The highest BCUT2D eigenvalue weighted by molar-refractivity contribution is 7.89. The highest BCUT2D eigenvalue weighted by Crippen LogP contribution is 2.43. The van der Waals surface area contributed by atoms with E-state index in [4.69, 9.17) is 9.47 Å². The maximum atomic E-state index is 13.4. The molecule has 2 aromatic rings. The van der Waals surface area contributed by atoms with Crippen LogP contribution in [0.15, 0.2) is 41.3 Å². The van der Waals surface area contributed by atoms with Crippen LogP contribution in [0.25, 0.3) is 0 Å². The van der Waals surface area contributed by atoms with Crippen LogP contribution >= 0.6 is 0 Å². The Hall–Kier alpha value is -2.95. The summed E-state index contributed by atoms with van der Waals surface area (Å²) in [5.74, 6) is -0.586. The number of rotatable bonds is 3. The van der Waals surface area contributed by atoms with Crippen molar-refractivity contribution in [2.45, 2.75) is 4.90 Å². The second kappa shape index (κ2) is 6.55. The van der Waals surface area contributed by atoms with Crippen LogP contribution in [0.4, 0.5) is 5.69 Å². The Balaban J connectivity index is 1.68. The summed E-state index contributed by atoms with van der Waals surface area (Å²) in [5, 5.41) is 3.11. The van der Waals surface area contributed by atoms with Gasteiger partial charge < -0.3 is 14.8 Å². The van der Waals surface area contributed by atoms with Gasteiger partial charge in [-0.05, 0) is 12.1 Å². The molecule has 0 saturated carbocycles. The molecule has 5 rings (SSSR count). The van der Waals surface area contributed by atoms with E-state index in [-0.39, 0.29) is 40.0 Å².